The van der Waals surface area contributed by atoms with Crippen LogP contribution in [0.15, 0.2) is 17.1 Å². The molecule has 0 aromatic carbocycles. The molecule has 0 aliphatic heterocycles. The maximum atomic E-state index is 10.8. The second kappa shape index (κ2) is 2.69. The molecule has 64 valence electrons. The van der Waals surface area contributed by atoms with E-state index in [1.165, 1.54) is 0 Å². The monoisotopic (exact) mass is 168 g/mol. The largest absolute Gasteiger partial charge is 0.425 e. The highest BCUT2D eigenvalue weighted by Gasteiger charge is 2.06. The van der Waals surface area contributed by atoms with Crippen LogP contribution in [0.5, 0.6) is 0 Å². The van der Waals surface area contributed by atoms with Gasteiger partial charge in [-0.25, -0.2) is 0 Å². The second-order valence-electron chi connectivity index (χ2n) is 2.42. The molecule has 0 radical (unpaired) electrons. The average molecular weight is 168 g/mol. The summed E-state index contributed by atoms with van der Waals surface area (Å²) in [6.45, 7) is 1.57. The Morgan fingerprint density at radius 1 is 1.67 bits per heavy atom. The van der Waals surface area contributed by atoms with E-state index in [9.17, 15) is 9.59 Å². The van der Waals surface area contributed by atoms with E-state index in [1.54, 1.807) is 6.92 Å². The molecule has 0 saturated heterocycles. The predicted molar refractivity (Wildman–Crippen MR) is 41.1 cm³/mol. The van der Waals surface area contributed by atoms with Gasteiger partial charge in [-0.15, -0.1) is 0 Å². The average Bonchev–Trinajstić information content (AvgIpc) is 1.96. The Balaban J connectivity index is 3.43. The van der Waals surface area contributed by atoms with Gasteiger partial charge in [0.25, 0.3) is 11.5 Å². The third-order valence-electron chi connectivity index (χ3n) is 1.51. The topological polar surface area (TPSA) is 85.3 Å². The Bertz CT molecular complexity index is 381. The van der Waals surface area contributed by atoms with Crippen LogP contribution in [0.25, 0.3) is 0 Å². The van der Waals surface area contributed by atoms with E-state index in [2.05, 4.69) is 0 Å². The lowest BCUT2D eigenvalue weighted by Gasteiger charge is -2.01. The summed E-state index contributed by atoms with van der Waals surface area (Å²) in [5, 5.41) is 8.87. The van der Waals surface area contributed by atoms with E-state index in [1.807, 2.05) is 0 Å². The van der Waals surface area contributed by atoms with E-state index in [4.69, 9.17) is 10.9 Å². The molecule has 0 saturated carbocycles. The molecule has 3 N–H and O–H groups in total. The minimum atomic E-state index is -0.671. The van der Waals surface area contributed by atoms with Gasteiger partial charge in [0.15, 0.2) is 0 Å². The summed E-state index contributed by atoms with van der Waals surface area (Å²) in [5.41, 5.74) is 4.97. The number of rotatable bonds is 1. The Morgan fingerprint density at radius 2 is 2.25 bits per heavy atom. The summed E-state index contributed by atoms with van der Waals surface area (Å²) in [5.74, 6) is -0.671. The molecule has 1 rings (SSSR count). The van der Waals surface area contributed by atoms with Gasteiger partial charge in [0.05, 0.1) is 11.8 Å². The van der Waals surface area contributed by atoms with Gasteiger partial charge in [0, 0.05) is 6.07 Å². The van der Waals surface area contributed by atoms with Crippen LogP contribution in [0.4, 0.5) is 0 Å². The van der Waals surface area contributed by atoms with E-state index in [0.29, 0.717) is 10.3 Å². The van der Waals surface area contributed by atoms with Crippen LogP contribution < -0.4 is 11.3 Å². The molecular formula is C7H8N2O3. The number of hydrogen-bond acceptors (Lipinski definition) is 3. The van der Waals surface area contributed by atoms with Crippen LogP contribution in [0.2, 0.25) is 0 Å². The van der Waals surface area contributed by atoms with Crippen LogP contribution in [0.1, 0.15) is 15.9 Å². The number of amides is 1. The Labute approximate surface area is 68.0 Å². The first-order chi connectivity index (χ1) is 5.52. The fourth-order valence-corrected chi connectivity index (χ4v) is 0.875. The molecule has 0 bridgehead atoms. The lowest BCUT2D eigenvalue weighted by atomic mass is 10.1. The van der Waals surface area contributed by atoms with Gasteiger partial charge in [-0.1, -0.05) is 0 Å². The van der Waals surface area contributed by atoms with Crippen molar-refractivity contribution in [1.29, 1.82) is 0 Å². The van der Waals surface area contributed by atoms with Crippen molar-refractivity contribution in [2.75, 3.05) is 0 Å². The third kappa shape index (κ3) is 1.29. The Morgan fingerprint density at radius 3 is 2.75 bits per heavy atom. The Hall–Kier alpha value is -1.78. The summed E-state index contributed by atoms with van der Waals surface area (Å²) >= 11 is 0. The number of hydrogen-bond donors (Lipinski definition) is 2. The van der Waals surface area contributed by atoms with E-state index < -0.39 is 11.5 Å². The number of carbonyl (C=O) groups is 1. The zero-order valence-corrected chi connectivity index (χ0v) is 6.44. The van der Waals surface area contributed by atoms with Gasteiger partial charge < -0.3 is 10.9 Å². The minimum Gasteiger partial charge on any atom is -0.425 e. The molecular weight excluding hydrogens is 160 g/mol. The summed E-state index contributed by atoms with van der Waals surface area (Å²) in [4.78, 5) is 21.5. The summed E-state index contributed by atoms with van der Waals surface area (Å²) in [6, 6.07) is 1.14. The SMILES string of the molecule is Cc1cc(=O)n(O)cc1C(N)=O. The minimum absolute atomic E-state index is 0.136. The molecule has 0 aliphatic carbocycles. The van der Waals surface area contributed by atoms with Crippen molar-refractivity contribution in [2.24, 2.45) is 5.73 Å². The van der Waals surface area contributed by atoms with Crippen LogP contribution >= 0.6 is 0 Å². The molecule has 0 atom stereocenters. The maximum Gasteiger partial charge on any atom is 0.283 e. The number of nitrogens with zero attached hydrogens (tertiary/aromatic N) is 1. The van der Waals surface area contributed by atoms with Gasteiger partial charge in [-0.3, -0.25) is 9.59 Å². The molecule has 0 fully saturated rings. The summed E-state index contributed by atoms with van der Waals surface area (Å²) in [6.07, 6.45) is 1.00. The van der Waals surface area contributed by atoms with E-state index in [-0.39, 0.29) is 5.56 Å². The number of pyridine rings is 1. The van der Waals surface area contributed by atoms with Gasteiger partial charge in [-0.2, -0.15) is 4.73 Å². The molecule has 12 heavy (non-hydrogen) atoms. The fraction of sp³-hybridized carbons (Fsp3) is 0.143. The summed E-state index contributed by atoms with van der Waals surface area (Å²) in [7, 11) is 0. The van der Waals surface area contributed by atoms with Gasteiger partial charge in [0.2, 0.25) is 0 Å². The first-order valence-corrected chi connectivity index (χ1v) is 3.24. The molecule has 1 amide bonds. The maximum absolute atomic E-state index is 10.8. The zero-order valence-electron chi connectivity index (χ0n) is 6.44. The molecule has 1 heterocycles. The van der Waals surface area contributed by atoms with E-state index in [0.717, 1.165) is 12.3 Å². The lowest BCUT2D eigenvalue weighted by Crippen LogP contribution is -2.22. The standard InChI is InChI=1S/C7H8N2O3/c1-4-2-6(10)9(12)3-5(4)7(8)11/h2-3,12H,1H3,(H2,8,11). The quantitative estimate of drug-likeness (QED) is 0.554. The predicted octanol–water partition coefficient (Wildman–Crippen LogP) is -0.507. The smallest absolute Gasteiger partial charge is 0.283 e. The zero-order chi connectivity index (χ0) is 9.30. The first-order valence-electron chi connectivity index (χ1n) is 3.24. The van der Waals surface area contributed by atoms with Crippen molar-refractivity contribution in [3.05, 3.63) is 33.7 Å². The highest BCUT2D eigenvalue weighted by Crippen LogP contribution is 2.01. The van der Waals surface area contributed by atoms with Gasteiger partial charge in [0.1, 0.15) is 0 Å². The van der Waals surface area contributed by atoms with Crippen LogP contribution in [-0.2, 0) is 0 Å². The van der Waals surface area contributed by atoms with Crippen LogP contribution in [0, 0.1) is 6.92 Å². The molecule has 0 spiro atoms. The number of nitrogens with two attached hydrogens (primary N) is 1. The normalized spacial score (nSPS) is 9.75. The molecule has 0 aliphatic rings. The van der Waals surface area contributed by atoms with Crippen molar-refractivity contribution in [3.63, 3.8) is 0 Å². The molecule has 0 unspecified atom stereocenters. The van der Waals surface area contributed by atoms with E-state index >= 15 is 0 Å². The van der Waals surface area contributed by atoms with Crippen molar-refractivity contribution in [3.8, 4) is 0 Å². The van der Waals surface area contributed by atoms with Crippen molar-refractivity contribution < 1.29 is 10.0 Å². The summed E-state index contributed by atoms with van der Waals surface area (Å²) < 4.78 is 0.326. The number of aryl methyl sites for hydroxylation is 1. The van der Waals surface area contributed by atoms with Gasteiger partial charge in [-0.05, 0) is 12.5 Å². The number of aromatic nitrogens is 1. The van der Waals surface area contributed by atoms with Crippen molar-refractivity contribution in [1.82, 2.24) is 4.73 Å². The molecule has 5 heteroatoms. The molecule has 1 aromatic heterocycles. The highest BCUT2D eigenvalue weighted by atomic mass is 16.5. The second-order valence-corrected chi connectivity index (χ2v) is 2.42. The first kappa shape index (κ1) is 8.32. The third-order valence-corrected chi connectivity index (χ3v) is 1.51. The molecule has 1 aromatic rings. The fourth-order valence-electron chi connectivity index (χ4n) is 0.875. The Kier molecular flexibility index (Phi) is 1.86. The van der Waals surface area contributed by atoms with Crippen LogP contribution in [-0.4, -0.2) is 15.8 Å². The number of primary amides is 1. The number of carbonyl (C=O) groups excluding carboxylic acids is 1. The highest BCUT2D eigenvalue weighted by molar-refractivity contribution is 5.93. The lowest BCUT2D eigenvalue weighted by molar-refractivity contribution is 0.0993. The van der Waals surface area contributed by atoms with Crippen LogP contribution in [0.3, 0.4) is 0 Å². The van der Waals surface area contributed by atoms with Gasteiger partial charge >= 0.3 is 0 Å². The van der Waals surface area contributed by atoms with Crippen molar-refractivity contribution >= 4 is 5.91 Å². The van der Waals surface area contributed by atoms with Crippen molar-refractivity contribution in [2.45, 2.75) is 6.92 Å². The molecule has 5 nitrogen and oxygen atoms in total.